The Morgan fingerprint density at radius 2 is 2.13 bits per heavy atom. The lowest BCUT2D eigenvalue weighted by molar-refractivity contribution is -0.136. The zero-order valence-electron chi connectivity index (χ0n) is 13.5. The van der Waals surface area contributed by atoms with Crippen LogP contribution in [0.25, 0.3) is 0 Å². The molecule has 1 aromatic rings. The molecule has 1 aromatic carbocycles. The van der Waals surface area contributed by atoms with Crippen molar-refractivity contribution >= 4 is 27.5 Å². The maximum atomic E-state index is 12.9. The highest BCUT2D eigenvalue weighted by Crippen LogP contribution is 2.22. The smallest absolute Gasteiger partial charge is 0.241 e. The molecule has 1 aliphatic heterocycles. The Bertz CT molecular complexity index is 663. The van der Waals surface area contributed by atoms with Gasteiger partial charge in [0.2, 0.25) is 15.9 Å². The van der Waals surface area contributed by atoms with Gasteiger partial charge in [0.25, 0.3) is 0 Å². The Labute approximate surface area is 143 Å². The molecule has 2 rings (SSSR count). The number of hydrogen-bond donors (Lipinski definition) is 0. The van der Waals surface area contributed by atoms with Crippen LogP contribution in [0.4, 0.5) is 0 Å². The molecule has 0 radical (unpaired) electrons. The minimum atomic E-state index is -3.38. The normalized spacial score (nSPS) is 19.5. The van der Waals surface area contributed by atoms with Crippen LogP contribution in [0.15, 0.2) is 24.3 Å². The maximum Gasteiger partial charge on any atom is 0.241 e. The summed E-state index contributed by atoms with van der Waals surface area (Å²) in [6.07, 6.45) is 3.43. The number of carbonyl (C=O) groups is 1. The molecule has 5 nitrogen and oxygen atoms in total. The molecule has 0 spiro atoms. The molecule has 1 heterocycles. The Kier molecular flexibility index (Phi) is 6.06. The Balaban J connectivity index is 2.17. The van der Waals surface area contributed by atoms with Crippen LogP contribution in [-0.4, -0.2) is 48.9 Å². The van der Waals surface area contributed by atoms with E-state index in [9.17, 15) is 13.2 Å². The second-order valence-corrected chi connectivity index (χ2v) is 8.24. The molecule has 1 aliphatic rings. The lowest BCUT2D eigenvalue weighted by Crippen LogP contribution is -2.52. The lowest BCUT2D eigenvalue weighted by Gasteiger charge is -2.35. The molecule has 7 heteroatoms. The summed E-state index contributed by atoms with van der Waals surface area (Å²) in [7, 11) is -3.38. The quantitative estimate of drug-likeness (QED) is 0.812. The average Bonchev–Trinajstić information content (AvgIpc) is 2.51. The molecule has 0 bridgehead atoms. The zero-order valence-corrected chi connectivity index (χ0v) is 15.1. The molecule has 1 unspecified atom stereocenters. The van der Waals surface area contributed by atoms with Gasteiger partial charge in [0, 0.05) is 24.7 Å². The van der Waals surface area contributed by atoms with Crippen LogP contribution in [0.3, 0.4) is 0 Å². The number of benzene rings is 1. The first-order valence-electron chi connectivity index (χ1n) is 7.83. The van der Waals surface area contributed by atoms with Crippen LogP contribution < -0.4 is 0 Å². The van der Waals surface area contributed by atoms with Crippen LogP contribution in [-0.2, 0) is 21.4 Å². The molecule has 23 heavy (non-hydrogen) atoms. The monoisotopic (exact) mass is 358 g/mol. The van der Waals surface area contributed by atoms with E-state index in [4.69, 9.17) is 11.6 Å². The van der Waals surface area contributed by atoms with Crippen molar-refractivity contribution in [1.29, 1.82) is 0 Å². The van der Waals surface area contributed by atoms with E-state index in [1.54, 1.807) is 11.0 Å². The fourth-order valence-corrected chi connectivity index (χ4v) is 4.29. The van der Waals surface area contributed by atoms with E-state index < -0.39 is 16.1 Å². The van der Waals surface area contributed by atoms with Crippen molar-refractivity contribution in [1.82, 2.24) is 9.21 Å². The van der Waals surface area contributed by atoms with E-state index in [-0.39, 0.29) is 5.91 Å². The van der Waals surface area contributed by atoms with Gasteiger partial charge in [0.05, 0.1) is 6.26 Å². The Morgan fingerprint density at radius 3 is 2.74 bits per heavy atom. The number of piperidine rings is 1. The molecular weight excluding hydrogens is 336 g/mol. The van der Waals surface area contributed by atoms with Crippen molar-refractivity contribution in [3.05, 3.63) is 34.9 Å². The summed E-state index contributed by atoms with van der Waals surface area (Å²) in [5.74, 6) is -0.127. The average molecular weight is 359 g/mol. The highest BCUT2D eigenvalue weighted by Gasteiger charge is 2.36. The molecule has 0 aromatic heterocycles. The van der Waals surface area contributed by atoms with Gasteiger partial charge in [-0.15, -0.1) is 0 Å². The second kappa shape index (κ2) is 7.64. The molecule has 0 N–H and O–H groups in total. The second-order valence-electron chi connectivity index (χ2n) is 5.87. The third kappa shape index (κ3) is 4.68. The van der Waals surface area contributed by atoms with Gasteiger partial charge in [-0.2, -0.15) is 4.31 Å². The summed E-state index contributed by atoms with van der Waals surface area (Å²) in [5.41, 5.74) is 0.939. The molecule has 1 atom stereocenters. The van der Waals surface area contributed by atoms with Crippen molar-refractivity contribution in [3.63, 3.8) is 0 Å². The summed E-state index contributed by atoms with van der Waals surface area (Å²) >= 11 is 5.99. The highest BCUT2D eigenvalue weighted by atomic mass is 35.5. The highest BCUT2D eigenvalue weighted by molar-refractivity contribution is 7.88. The Morgan fingerprint density at radius 1 is 1.39 bits per heavy atom. The largest absolute Gasteiger partial charge is 0.337 e. The summed E-state index contributed by atoms with van der Waals surface area (Å²) in [5, 5.41) is 0.626. The van der Waals surface area contributed by atoms with Gasteiger partial charge >= 0.3 is 0 Å². The fourth-order valence-electron chi connectivity index (χ4n) is 2.96. The molecule has 1 fully saturated rings. The van der Waals surface area contributed by atoms with Crippen LogP contribution >= 0.6 is 11.6 Å². The molecule has 0 aliphatic carbocycles. The van der Waals surface area contributed by atoms with Crippen LogP contribution in [0.1, 0.15) is 31.7 Å². The summed E-state index contributed by atoms with van der Waals surface area (Å²) in [4.78, 5) is 14.6. The van der Waals surface area contributed by atoms with Gasteiger partial charge in [-0.3, -0.25) is 4.79 Å². The predicted molar refractivity (Wildman–Crippen MR) is 91.7 cm³/mol. The van der Waals surface area contributed by atoms with E-state index in [0.29, 0.717) is 31.1 Å². The molecule has 1 amide bonds. The number of rotatable bonds is 5. The van der Waals surface area contributed by atoms with Crippen molar-refractivity contribution in [2.45, 2.75) is 38.8 Å². The molecule has 0 saturated carbocycles. The topological polar surface area (TPSA) is 57.7 Å². The first kappa shape index (κ1) is 18.2. The minimum Gasteiger partial charge on any atom is -0.337 e. The number of hydrogen-bond acceptors (Lipinski definition) is 3. The van der Waals surface area contributed by atoms with Crippen LogP contribution in [0.2, 0.25) is 5.02 Å². The number of sulfonamides is 1. The number of carbonyl (C=O) groups excluding carboxylic acids is 1. The van der Waals surface area contributed by atoms with Crippen molar-refractivity contribution in [3.8, 4) is 0 Å². The van der Waals surface area contributed by atoms with Gasteiger partial charge in [-0.1, -0.05) is 30.2 Å². The molecular formula is C16H23ClN2O3S. The van der Waals surface area contributed by atoms with E-state index >= 15 is 0 Å². The van der Waals surface area contributed by atoms with Crippen molar-refractivity contribution in [2.24, 2.45) is 0 Å². The minimum absolute atomic E-state index is 0.127. The van der Waals surface area contributed by atoms with E-state index in [1.807, 2.05) is 25.1 Å². The van der Waals surface area contributed by atoms with Crippen LogP contribution in [0, 0.1) is 0 Å². The molecule has 128 valence electrons. The van der Waals surface area contributed by atoms with Crippen molar-refractivity contribution in [2.75, 3.05) is 19.3 Å². The number of nitrogens with zero attached hydrogens (tertiary/aromatic N) is 2. The van der Waals surface area contributed by atoms with Crippen LogP contribution in [0.5, 0.6) is 0 Å². The van der Waals surface area contributed by atoms with E-state index in [1.165, 1.54) is 10.6 Å². The van der Waals surface area contributed by atoms with Gasteiger partial charge in [0.15, 0.2) is 0 Å². The summed E-state index contributed by atoms with van der Waals surface area (Å²) in [6, 6.07) is 6.79. The van der Waals surface area contributed by atoms with E-state index in [2.05, 4.69) is 0 Å². The lowest BCUT2D eigenvalue weighted by atomic mass is 10.0. The first-order valence-corrected chi connectivity index (χ1v) is 10.1. The fraction of sp³-hybridized carbons (Fsp3) is 0.562. The van der Waals surface area contributed by atoms with E-state index in [0.717, 1.165) is 18.4 Å². The SMILES string of the molecule is CCN(Cc1cccc(Cl)c1)C(=O)C1CCCCN1S(C)(=O)=O. The standard InChI is InChI=1S/C16H23ClN2O3S/c1-3-18(12-13-7-6-8-14(17)11-13)16(20)15-9-4-5-10-19(15)23(2,21)22/h6-8,11,15H,3-5,9-10,12H2,1-2H3. The third-order valence-corrected chi connectivity index (χ3v) is 5.64. The van der Waals surface area contributed by atoms with Crippen molar-refractivity contribution < 1.29 is 13.2 Å². The summed E-state index contributed by atoms with van der Waals surface area (Å²) in [6.45, 7) is 3.28. The number of amides is 1. The van der Waals surface area contributed by atoms with Gasteiger partial charge in [0.1, 0.15) is 6.04 Å². The van der Waals surface area contributed by atoms with Gasteiger partial charge in [-0.25, -0.2) is 8.42 Å². The maximum absolute atomic E-state index is 12.9. The number of halogens is 1. The third-order valence-electron chi connectivity index (χ3n) is 4.12. The zero-order chi connectivity index (χ0) is 17.0. The van der Waals surface area contributed by atoms with Gasteiger partial charge in [-0.05, 0) is 37.5 Å². The Hall–Kier alpha value is -1.11. The summed E-state index contributed by atoms with van der Waals surface area (Å²) < 4.78 is 25.3. The first-order chi connectivity index (χ1) is 10.8. The van der Waals surface area contributed by atoms with Gasteiger partial charge < -0.3 is 4.90 Å². The number of likely N-dealkylation sites (N-methyl/N-ethyl adjacent to an activating group) is 1. The molecule has 1 saturated heterocycles. The predicted octanol–water partition coefficient (Wildman–Crippen LogP) is 2.50.